The van der Waals surface area contributed by atoms with Gasteiger partial charge < -0.3 is 36.6 Å². The van der Waals surface area contributed by atoms with Crippen molar-refractivity contribution in [3.05, 3.63) is 6.92 Å². The molecule has 0 aromatic heterocycles. The van der Waals surface area contributed by atoms with Crippen LogP contribution in [0.3, 0.4) is 0 Å². The molecule has 0 saturated carbocycles. The third kappa shape index (κ3) is 79.2. The quantitative estimate of drug-likeness (QED) is 0.306. The molecule has 0 rings (SSSR count). The summed E-state index contributed by atoms with van der Waals surface area (Å²) in [6.45, 7) is 9.33. The smallest absolute Gasteiger partial charge is 0.550 e. The van der Waals surface area contributed by atoms with Crippen molar-refractivity contribution in [2.45, 2.75) is 59.8 Å². The molecule has 0 spiro atoms. The fraction of sp³-hybridized carbons (Fsp3) is 0.562. The SMILES string of the molecule is CC(=O)CC(=O)[O-].CC(=O)CC(=O)[O-].CC(=O)CC(=O)[O-].[CH2-]CCC.[Zr+4]. The predicted molar refractivity (Wildman–Crippen MR) is 81.2 cm³/mol. The van der Waals surface area contributed by atoms with Gasteiger partial charge in [0.05, 0.1) is 0 Å². The van der Waals surface area contributed by atoms with E-state index in [1.54, 1.807) is 0 Å². The molecule has 146 valence electrons. The van der Waals surface area contributed by atoms with Crippen molar-refractivity contribution in [2.24, 2.45) is 0 Å². The van der Waals surface area contributed by atoms with E-state index in [9.17, 15) is 44.1 Å². The van der Waals surface area contributed by atoms with Gasteiger partial charge in [-0.1, -0.05) is 13.3 Å². The Hall–Kier alpha value is -1.70. The number of hydrogen-bond donors (Lipinski definition) is 0. The summed E-state index contributed by atoms with van der Waals surface area (Å²) in [5.41, 5.74) is 0. The van der Waals surface area contributed by atoms with Gasteiger partial charge in [-0.05, 0) is 20.8 Å². The van der Waals surface area contributed by atoms with E-state index in [1.165, 1.54) is 27.2 Å². The van der Waals surface area contributed by atoms with Gasteiger partial charge in [-0.25, -0.2) is 0 Å². The molecule has 0 heterocycles. The first-order valence-corrected chi connectivity index (χ1v) is 7.17. The second-order valence-corrected chi connectivity index (χ2v) is 4.61. The average molecular weight is 452 g/mol. The zero-order valence-electron chi connectivity index (χ0n) is 15.4. The van der Waals surface area contributed by atoms with Crippen LogP contribution in [0, 0.1) is 6.92 Å². The van der Waals surface area contributed by atoms with Gasteiger partial charge in [0.25, 0.3) is 0 Å². The summed E-state index contributed by atoms with van der Waals surface area (Å²) in [6.07, 6.45) is 0.861. The minimum atomic E-state index is -1.31. The fourth-order valence-corrected chi connectivity index (χ4v) is 0.610. The standard InChI is InChI=1S/3C4H6O3.C4H9.Zr/c3*1-3(5)2-4(6)7;1-3-4-2;/h3*2H2,1H3,(H,6,7);1,3-4H2,2H3;/q;;;-1;+4/p-3. The summed E-state index contributed by atoms with van der Waals surface area (Å²) in [5.74, 6) is -5.06. The summed E-state index contributed by atoms with van der Waals surface area (Å²) < 4.78 is 0. The Morgan fingerprint density at radius 1 is 0.654 bits per heavy atom. The van der Waals surface area contributed by atoms with E-state index in [4.69, 9.17) is 0 Å². The minimum Gasteiger partial charge on any atom is -0.550 e. The summed E-state index contributed by atoms with van der Waals surface area (Å²) in [7, 11) is 0. The van der Waals surface area contributed by atoms with Crippen LogP contribution in [0.2, 0.25) is 0 Å². The van der Waals surface area contributed by atoms with Crippen LogP contribution in [0.4, 0.5) is 0 Å². The number of ketones is 3. The van der Waals surface area contributed by atoms with Gasteiger partial charge in [0, 0.05) is 37.2 Å². The van der Waals surface area contributed by atoms with Gasteiger partial charge >= 0.3 is 26.2 Å². The van der Waals surface area contributed by atoms with Gasteiger partial charge in [-0.3, -0.25) is 14.4 Å². The van der Waals surface area contributed by atoms with Crippen LogP contribution < -0.4 is 15.3 Å². The van der Waals surface area contributed by atoms with Crippen molar-refractivity contribution >= 4 is 35.3 Å². The van der Waals surface area contributed by atoms with Gasteiger partial charge in [0.15, 0.2) is 0 Å². The van der Waals surface area contributed by atoms with Crippen LogP contribution in [0.5, 0.6) is 0 Å². The Bertz CT molecular complexity index is 345. The number of Topliss-reactive ketones (excluding diaryl/α,β-unsaturated/α-hetero) is 3. The molecule has 10 heteroatoms. The molecular formula is C16H24O9Zr. The molecule has 0 aromatic carbocycles. The van der Waals surface area contributed by atoms with Crippen molar-refractivity contribution in [1.82, 2.24) is 0 Å². The van der Waals surface area contributed by atoms with Crippen LogP contribution in [-0.2, 0) is 55.0 Å². The van der Waals surface area contributed by atoms with Crippen molar-refractivity contribution < 1.29 is 70.3 Å². The Morgan fingerprint density at radius 3 is 0.808 bits per heavy atom. The van der Waals surface area contributed by atoms with Crippen molar-refractivity contribution in [3.8, 4) is 0 Å². The van der Waals surface area contributed by atoms with Crippen LogP contribution in [0.15, 0.2) is 0 Å². The Balaban J connectivity index is -0.0000000759. The number of carboxylic acids is 3. The number of aliphatic carboxylic acids is 3. The van der Waals surface area contributed by atoms with Gasteiger partial charge in [0.1, 0.15) is 17.3 Å². The summed E-state index contributed by atoms with van der Waals surface area (Å²) >= 11 is 0. The van der Waals surface area contributed by atoms with Gasteiger partial charge in [-0.15, -0.1) is 0 Å². The van der Waals surface area contributed by atoms with Crippen molar-refractivity contribution in [2.75, 3.05) is 0 Å². The normalized spacial score (nSPS) is 7.73. The van der Waals surface area contributed by atoms with Gasteiger partial charge in [0.2, 0.25) is 0 Å². The van der Waals surface area contributed by atoms with Crippen LogP contribution in [-0.4, -0.2) is 35.3 Å². The molecule has 0 aliphatic heterocycles. The van der Waals surface area contributed by atoms with E-state index in [-0.39, 0.29) is 43.6 Å². The van der Waals surface area contributed by atoms with Gasteiger partial charge in [-0.2, -0.15) is 6.42 Å². The summed E-state index contributed by atoms with van der Waals surface area (Å²) in [4.78, 5) is 57.9. The monoisotopic (exact) mass is 450 g/mol. The van der Waals surface area contributed by atoms with E-state index in [0.717, 1.165) is 6.42 Å². The molecule has 0 saturated heterocycles. The number of carbonyl (C=O) groups is 6. The van der Waals surface area contributed by atoms with E-state index in [0.29, 0.717) is 0 Å². The van der Waals surface area contributed by atoms with Crippen molar-refractivity contribution in [1.29, 1.82) is 0 Å². The molecule has 0 aliphatic rings. The maximum atomic E-state index is 9.83. The molecule has 9 nitrogen and oxygen atoms in total. The fourth-order valence-electron chi connectivity index (χ4n) is 0.610. The summed E-state index contributed by atoms with van der Waals surface area (Å²) in [6, 6.07) is 0. The third-order valence-corrected chi connectivity index (χ3v) is 1.53. The molecular weight excluding hydrogens is 427 g/mol. The molecule has 26 heavy (non-hydrogen) atoms. The zero-order valence-corrected chi connectivity index (χ0v) is 17.9. The second kappa shape index (κ2) is 25.5. The van der Waals surface area contributed by atoms with E-state index in [1.807, 2.05) is 0 Å². The second-order valence-electron chi connectivity index (χ2n) is 4.61. The third-order valence-electron chi connectivity index (χ3n) is 1.53. The van der Waals surface area contributed by atoms with E-state index >= 15 is 0 Å². The molecule has 0 fully saturated rings. The first kappa shape index (κ1) is 35.4. The van der Waals surface area contributed by atoms with E-state index < -0.39 is 37.2 Å². The van der Waals surface area contributed by atoms with Crippen LogP contribution in [0.25, 0.3) is 0 Å². The predicted octanol–water partition coefficient (Wildman–Crippen LogP) is -2.24. The van der Waals surface area contributed by atoms with E-state index in [2.05, 4.69) is 13.8 Å². The van der Waals surface area contributed by atoms with Crippen LogP contribution in [0.1, 0.15) is 59.8 Å². The molecule has 0 N–H and O–H groups in total. The first-order valence-electron chi connectivity index (χ1n) is 7.17. The van der Waals surface area contributed by atoms with Crippen molar-refractivity contribution in [3.63, 3.8) is 0 Å². The number of rotatable bonds is 7. The first-order chi connectivity index (χ1) is 11.3. The topological polar surface area (TPSA) is 172 Å². The Kier molecular flexibility index (Phi) is 34.8. The molecule has 0 amide bonds. The number of carboxylic acid groups (broad SMARTS) is 3. The minimum absolute atomic E-state index is 0. The maximum Gasteiger partial charge on any atom is 4.00 e. The maximum absolute atomic E-state index is 9.83. The molecule has 0 radical (unpaired) electrons. The molecule has 0 atom stereocenters. The molecule has 0 bridgehead atoms. The molecule has 0 aromatic rings. The Labute approximate surface area is 172 Å². The average Bonchev–Trinajstić information content (AvgIpc) is 2.35. The van der Waals surface area contributed by atoms with Crippen LogP contribution >= 0.6 is 0 Å². The summed E-state index contributed by atoms with van der Waals surface area (Å²) in [5, 5.41) is 28.4. The number of carbonyl (C=O) groups excluding carboxylic acids is 6. The number of hydrogen-bond acceptors (Lipinski definition) is 9. The zero-order chi connectivity index (χ0) is 21.0. The molecule has 0 aliphatic carbocycles. The Morgan fingerprint density at radius 2 is 0.808 bits per heavy atom. The number of unbranched alkanes of at least 4 members (excludes halogenated alkanes) is 1. The largest absolute Gasteiger partial charge is 4.00 e. The molecule has 0 unspecified atom stereocenters.